The van der Waals surface area contributed by atoms with Crippen LogP contribution in [-0.4, -0.2) is 69.0 Å². The summed E-state index contributed by atoms with van der Waals surface area (Å²) in [6.07, 6.45) is 0.403. The van der Waals surface area contributed by atoms with Gasteiger partial charge in [0.25, 0.3) is 5.91 Å². The predicted octanol–water partition coefficient (Wildman–Crippen LogP) is 1.26. The van der Waals surface area contributed by atoms with Gasteiger partial charge in [-0.1, -0.05) is 0 Å². The second kappa shape index (κ2) is 8.81. The Morgan fingerprint density at radius 1 is 1.10 bits per heavy atom. The van der Waals surface area contributed by atoms with E-state index < -0.39 is 15.6 Å². The largest absolute Gasteiger partial charge is 0.488 e. The molecule has 2 aromatic rings. The van der Waals surface area contributed by atoms with Gasteiger partial charge in [0.05, 0.1) is 30.7 Å². The number of hydrogen-bond acceptors (Lipinski definition) is 7. The predicted molar refractivity (Wildman–Crippen MR) is 111 cm³/mol. The zero-order valence-corrected chi connectivity index (χ0v) is 18.0. The molecule has 0 N–H and O–H groups in total. The number of rotatable bonds is 5. The number of benzene rings is 1. The maximum Gasteiger partial charge on any atom is 0.339 e. The van der Waals surface area contributed by atoms with E-state index in [1.807, 2.05) is 0 Å². The molecule has 0 aliphatic carbocycles. The van der Waals surface area contributed by atoms with Gasteiger partial charge in [-0.3, -0.25) is 4.79 Å². The van der Waals surface area contributed by atoms with Gasteiger partial charge in [0.15, 0.2) is 0 Å². The van der Waals surface area contributed by atoms with Crippen LogP contribution in [-0.2, 0) is 14.8 Å². The van der Waals surface area contributed by atoms with Gasteiger partial charge >= 0.3 is 5.63 Å². The number of carbonyl (C=O) groups excluding carboxylic acids is 1. The Hall–Kier alpha value is -2.69. The van der Waals surface area contributed by atoms with Crippen LogP contribution in [0.15, 0.2) is 50.5 Å². The first-order valence-corrected chi connectivity index (χ1v) is 11.5. The molecule has 9 nitrogen and oxygen atoms in total. The molecule has 1 aromatic heterocycles. The lowest BCUT2D eigenvalue weighted by molar-refractivity contribution is 0.0730. The van der Waals surface area contributed by atoms with Crippen molar-refractivity contribution in [2.24, 2.45) is 0 Å². The number of nitrogens with zero attached hydrogens (tertiary/aromatic N) is 2. The highest BCUT2D eigenvalue weighted by atomic mass is 32.2. The van der Waals surface area contributed by atoms with Crippen molar-refractivity contribution in [2.45, 2.75) is 24.3 Å². The first kappa shape index (κ1) is 21.5. The van der Waals surface area contributed by atoms with E-state index >= 15 is 0 Å². The standard InChI is InChI=1S/C21H24N2O7S/c1-15-12-18(13-20(24)29-15)30-17-6-7-22(14-17)21(25)16-2-4-19(5-3-16)31(26,27)23-8-10-28-11-9-23/h2-5,12-13,17H,6-11,14H2,1H3. The van der Waals surface area contributed by atoms with Gasteiger partial charge in [-0.05, 0) is 31.2 Å². The molecular formula is C21H24N2O7S. The van der Waals surface area contributed by atoms with Crippen LogP contribution in [0.25, 0.3) is 0 Å². The third kappa shape index (κ3) is 4.81. The van der Waals surface area contributed by atoms with Crippen LogP contribution >= 0.6 is 0 Å². The molecule has 166 valence electrons. The number of likely N-dealkylation sites (tertiary alicyclic amines) is 1. The van der Waals surface area contributed by atoms with Gasteiger partial charge in [-0.2, -0.15) is 4.31 Å². The number of sulfonamides is 1. The van der Waals surface area contributed by atoms with Crippen LogP contribution in [0.5, 0.6) is 5.75 Å². The molecule has 2 aliphatic heterocycles. The Balaban J connectivity index is 1.40. The summed E-state index contributed by atoms with van der Waals surface area (Å²) >= 11 is 0. The average molecular weight is 448 g/mol. The van der Waals surface area contributed by atoms with Gasteiger partial charge in [0.1, 0.15) is 17.6 Å². The monoisotopic (exact) mass is 448 g/mol. The summed E-state index contributed by atoms with van der Waals surface area (Å²) < 4.78 is 42.8. The van der Waals surface area contributed by atoms with Crippen molar-refractivity contribution < 1.29 is 27.1 Å². The lowest BCUT2D eigenvalue weighted by atomic mass is 10.2. The topological polar surface area (TPSA) is 106 Å². The lowest BCUT2D eigenvalue weighted by Crippen LogP contribution is -2.40. The lowest BCUT2D eigenvalue weighted by Gasteiger charge is -2.26. The molecule has 4 rings (SSSR count). The molecule has 0 radical (unpaired) electrons. The smallest absolute Gasteiger partial charge is 0.339 e. The second-order valence-electron chi connectivity index (χ2n) is 7.54. The minimum Gasteiger partial charge on any atom is -0.488 e. The minimum atomic E-state index is -3.60. The molecule has 2 fully saturated rings. The summed E-state index contributed by atoms with van der Waals surface area (Å²) in [6.45, 7) is 3.95. The van der Waals surface area contributed by atoms with Crippen molar-refractivity contribution in [3.8, 4) is 5.75 Å². The van der Waals surface area contributed by atoms with Crippen LogP contribution in [0.3, 0.4) is 0 Å². The molecule has 1 atom stereocenters. The third-order valence-electron chi connectivity index (χ3n) is 5.31. The summed E-state index contributed by atoms with van der Waals surface area (Å²) in [5.74, 6) is 0.691. The fraction of sp³-hybridized carbons (Fsp3) is 0.429. The first-order valence-electron chi connectivity index (χ1n) is 10.1. The third-order valence-corrected chi connectivity index (χ3v) is 7.22. The minimum absolute atomic E-state index is 0.159. The molecule has 0 spiro atoms. The van der Waals surface area contributed by atoms with E-state index in [1.54, 1.807) is 17.9 Å². The van der Waals surface area contributed by atoms with Crippen molar-refractivity contribution in [3.05, 3.63) is 58.1 Å². The van der Waals surface area contributed by atoms with Crippen molar-refractivity contribution in [1.29, 1.82) is 0 Å². The van der Waals surface area contributed by atoms with Crippen LogP contribution < -0.4 is 10.4 Å². The molecule has 1 amide bonds. The highest BCUT2D eigenvalue weighted by molar-refractivity contribution is 7.89. The highest BCUT2D eigenvalue weighted by Gasteiger charge is 2.30. The first-order chi connectivity index (χ1) is 14.8. The SMILES string of the molecule is Cc1cc(OC2CCN(C(=O)c3ccc(S(=O)(=O)N4CCOCC4)cc3)C2)cc(=O)o1. The molecule has 2 aliphatic rings. The molecular weight excluding hydrogens is 424 g/mol. The van der Waals surface area contributed by atoms with E-state index in [1.165, 1.54) is 34.6 Å². The van der Waals surface area contributed by atoms with E-state index in [2.05, 4.69) is 0 Å². The number of ether oxygens (including phenoxy) is 2. The molecule has 1 unspecified atom stereocenters. The molecule has 3 heterocycles. The Bertz CT molecular complexity index is 1110. The van der Waals surface area contributed by atoms with Crippen molar-refractivity contribution >= 4 is 15.9 Å². The van der Waals surface area contributed by atoms with Gasteiger partial charge in [0, 0.05) is 37.7 Å². The molecule has 0 bridgehead atoms. The quantitative estimate of drug-likeness (QED) is 0.678. The number of hydrogen-bond donors (Lipinski definition) is 0. The van der Waals surface area contributed by atoms with E-state index in [9.17, 15) is 18.0 Å². The van der Waals surface area contributed by atoms with E-state index in [-0.39, 0.29) is 16.9 Å². The van der Waals surface area contributed by atoms with Crippen LogP contribution in [0.1, 0.15) is 22.5 Å². The van der Waals surface area contributed by atoms with E-state index in [4.69, 9.17) is 13.9 Å². The summed E-state index contributed by atoms with van der Waals surface area (Å²) in [6, 6.07) is 8.93. The molecule has 31 heavy (non-hydrogen) atoms. The number of amides is 1. The molecule has 0 saturated carbocycles. The Labute approximate surface area is 180 Å². The summed E-state index contributed by atoms with van der Waals surface area (Å²) in [5.41, 5.74) is -0.0640. The van der Waals surface area contributed by atoms with Crippen molar-refractivity contribution in [2.75, 3.05) is 39.4 Å². The summed E-state index contributed by atoms with van der Waals surface area (Å²) in [5, 5.41) is 0. The molecule has 2 saturated heterocycles. The summed E-state index contributed by atoms with van der Waals surface area (Å²) in [7, 11) is -3.60. The Kier molecular flexibility index (Phi) is 6.12. The zero-order chi connectivity index (χ0) is 22.0. The Morgan fingerprint density at radius 3 is 2.48 bits per heavy atom. The van der Waals surface area contributed by atoms with Crippen molar-refractivity contribution in [3.63, 3.8) is 0 Å². The maximum absolute atomic E-state index is 12.8. The van der Waals surface area contributed by atoms with Gasteiger partial charge < -0.3 is 18.8 Å². The molecule has 1 aromatic carbocycles. The van der Waals surface area contributed by atoms with Gasteiger partial charge in [-0.25, -0.2) is 13.2 Å². The maximum atomic E-state index is 12.8. The summed E-state index contributed by atoms with van der Waals surface area (Å²) in [4.78, 5) is 26.1. The Morgan fingerprint density at radius 2 is 1.81 bits per heavy atom. The highest BCUT2D eigenvalue weighted by Crippen LogP contribution is 2.22. The van der Waals surface area contributed by atoms with E-state index in [0.29, 0.717) is 62.9 Å². The second-order valence-corrected chi connectivity index (χ2v) is 9.48. The fourth-order valence-corrected chi connectivity index (χ4v) is 5.14. The normalized spacial score (nSPS) is 20.0. The number of morpholine rings is 1. The van der Waals surface area contributed by atoms with Crippen molar-refractivity contribution in [1.82, 2.24) is 9.21 Å². The van der Waals surface area contributed by atoms with Gasteiger partial charge in [-0.15, -0.1) is 0 Å². The number of carbonyl (C=O) groups is 1. The number of aryl methyl sites for hydroxylation is 1. The average Bonchev–Trinajstić information content (AvgIpc) is 3.21. The zero-order valence-electron chi connectivity index (χ0n) is 17.2. The van der Waals surface area contributed by atoms with Crippen LogP contribution in [0, 0.1) is 6.92 Å². The van der Waals surface area contributed by atoms with Crippen LogP contribution in [0.4, 0.5) is 0 Å². The molecule has 10 heteroatoms. The fourth-order valence-electron chi connectivity index (χ4n) is 3.73. The van der Waals surface area contributed by atoms with Gasteiger partial charge in [0.2, 0.25) is 10.0 Å². The van der Waals surface area contributed by atoms with Crippen LogP contribution in [0.2, 0.25) is 0 Å². The van der Waals surface area contributed by atoms with E-state index in [0.717, 1.165) is 0 Å².